The highest BCUT2D eigenvalue weighted by Gasteiger charge is 2.32. The fraction of sp³-hybridized carbons (Fsp3) is 0.100. The van der Waals surface area contributed by atoms with Crippen molar-refractivity contribution in [2.75, 3.05) is 0 Å². The molecule has 1 aromatic carbocycles. The molecule has 0 bridgehead atoms. The highest BCUT2D eigenvalue weighted by atomic mass is 19.4. The monoisotopic (exact) mass is 215 g/mol. The minimum atomic E-state index is -4.50. The van der Waals surface area contributed by atoms with E-state index < -0.39 is 17.7 Å². The first-order valence-corrected chi connectivity index (χ1v) is 4.10. The molecular formula is C10H5F4N. The van der Waals surface area contributed by atoms with Crippen molar-refractivity contribution in [3.05, 3.63) is 41.8 Å². The number of hydrogen-bond acceptors (Lipinski definition) is 1. The summed E-state index contributed by atoms with van der Waals surface area (Å²) >= 11 is 0. The van der Waals surface area contributed by atoms with Gasteiger partial charge in [0.1, 0.15) is 11.5 Å². The third-order valence-electron chi connectivity index (χ3n) is 1.94. The summed E-state index contributed by atoms with van der Waals surface area (Å²) in [5, 5.41) is 0.476. The molecule has 1 aromatic heterocycles. The Kier molecular flexibility index (Phi) is 2.10. The van der Waals surface area contributed by atoms with Crippen LogP contribution in [0.5, 0.6) is 0 Å². The van der Waals surface area contributed by atoms with Gasteiger partial charge in [-0.2, -0.15) is 13.2 Å². The maximum atomic E-state index is 12.7. The lowest BCUT2D eigenvalue weighted by Crippen LogP contribution is -2.07. The third-order valence-corrected chi connectivity index (χ3v) is 1.94. The molecule has 0 saturated carbocycles. The highest BCUT2D eigenvalue weighted by Crippen LogP contribution is 2.28. The lowest BCUT2D eigenvalue weighted by atomic mass is 10.2. The van der Waals surface area contributed by atoms with Crippen molar-refractivity contribution in [1.82, 2.24) is 4.98 Å². The first-order chi connectivity index (χ1) is 6.97. The second-order valence-electron chi connectivity index (χ2n) is 3.03. The number of aromatic nitrogens is 1. The van der Waals surface area contributed by atoms with Crippen LogP contribution in [0.4, 0.5) is 17.6 Å². The van der Waals surface area contributed by atoms with Crippen molar-refractivity contribution < 1.29 is 17.6 Å². The number of alkyl halides is 3. The molecule has 15 heavy (non-hydrogen) atoms. The summed E-state index contributed by atoms with van der Waals surface area (Å²) < 4.78 is 49.5. The lowest BCUT2D eigenvalue weighted by Gasteiger charge is -2.06. The van der Waals surface area contributed by atoms with Crippen LogP contribution in [-0.2, 0) is 6.18 Å². The molecule has 0 spiro atoms. The van der Waals surface area contributed by atoms with Gasteiger partial charge in [0.05, 0.1) is 5.52 Å². The quantitative estimate of drug-likeness (QED) is 0.614. The van der Waals surface area contributed by atoms with E-state index in [-0.39, 0.29) is 5.52 Å². The molecule has 0 radical (unpaired) electrons. The van der Waals surface area contributed by atoms with Crippen LogP contribution in [0, 0.1) is 5.82 Å². The lowest BCUT2D eigenvalue weighted by molar-refractivity contribution is -0.140. The van der Waals surface area contributed by atoms with Crippen molar-refractivity contribution >= 4 is 10.9 Å². The van der Waals surface area contributed by atoms with Gasteiger partial charge in [-0.25, -0.2) is 9.37 Å². The maximum Gasteiger partial charge on any atom is 0.433 e. The Bertz CT molecular complexity index is 504. The molecule has 0 aliphatic heterocycles. The van der Waals surface area contributed by atoms with Gasteiger partial charge in [0.15, 0.2) is 0 Å². The Labute approximate surface area is 82.4 Å². The fourth-order valence-corrected chi connectivity index (χ4v) is 1.25. The smallest absolute Gasteiger partial charge is 0.243 e. The third kappa shape index (κ3) is 1.91. The Balaban J connectivity index is 2.64. The van der Waals surface area contributed by atoms with Crippen LogP contribution in [0.1, 0.15) is 5.69 Å². The summed E-state index contributed by atoms with van der Waals surface area (Å²) in [5.74, 6) is -0.602. The van der Waals surface area contributed by atoms with Gasteiger partial charge in [0.2, 0.25) is 0 Å². The molecule has 0 fully saturated rings. The zero-order valence-electron chi connectivity index (χ0n) is 7.35. The number of nitrogens with zero attached hydrogens (tertiary/aromatic N) is 1. The Morgan fingerprint density at radius 2 is 1.67 bits per heavy atom. The Hall–Kier alpha value is -1.65. The van der Waals surface area contributed by atoms with Gasteiger partial charge < -0.3 is 0 Å². The molecule has 2 rings (SSSR count). The zero-order chi connectivity index (χ0) is 11.1. The van der Waals surface area contributed by atoms with Crippen LogP contribution in [0.2, 0.25) is 0 Å². The highest BCUT2D eigenvalue weighted by molar-refractivity contribution is 5.78. The molecule has 5 heteroatoms. The van der Waals surface area contributed by atoms with E-state index in [1.807, 2.05) is 0 Å². The molecule has 2 aromatic rings. The van der Waals surface area contributed by atoms with Gasteiger partial charge in [-0.05, 0) is 18.2 Å². The van der Waals surface area contributed by atoms with Gasteiger partial charge in [-0.3, -0.25) is 0 Å². The predicted octanol–water partition coefficient (Wildman–Crippen LogP) is 3.39. The second kappa shape index (κ2) is 3.18. The van der Waals surface area contributed by atoms with Gasteiger partial charge in [0, 0.05) is 11.5 Å². The minimum absolute atomic E-state index is 0.00447. The Morgan fingerprint density at radius 1 is 1.00 bits per heavy atom. The molecule has 1 nitrogen and oxygen atoms in total. The summed E-state index contributed by atoms with van der Waals surface area (Å²) in [6.45, 7) is 0. The summed E-state index contributed by atoms with van der Waals surface area (Å²) in [6, 6.07) is 5.69. The van der Waals surface area contributed by atoms with Crippen LogP contribution in [0.25, 0.3) is 10.9 Å². The van der Waals surface area contributed by atoms with Crippen LogP contribution in [-0.4, -0.2) is 4.98 Å². The number of benzene rings is 1. The van der Waals surface area contributed by atoms with E-state index in [2.05, 4.69) is 4.98 Å². The second-order valence-corrected chi connectivity index (χ2v) is 3.03. The summed E-state index contributed by atoms with van der Waals surface area (Å²) in [5.41, 5.74) is -1.01. The van der Waals surface area contributed by atoms with Crippen LogP contribution in [0.3, 0.4) is 0 Å². The number of fused-ring (bicyclic) bond motifs is 1. The minimum Gasteiger partial charge on any atom is -0.243 e. The summed E-state index contributed by atoms with van der Waals surface area (Å²) in [4.78, 5) is 3.34. The molecule has 0 N–H and O–H groups in total. The van der Waals surface area contributed by atoms with E-state index in [4.69, 9.17) is 0 Å². The predicted molar refractivity (Wildman–Crippen MR) is 46.7 cm³/mol. The molecule has 78 valence electrons. The van der Waals surface area contributed by atoms with Gasteiger partial charge in [-0.15, -0.1) is 0 Å². The van der Waals surface area contributed by atoms with Gasteiger partial charge in [0.25, 0.3) is 0 Å². The molecule has 0 aliphatic rings. The maximum absolute atomic E-state index is 12.7. The largest absolute Gasteiger partial charge is 0.433 e. The number of hydrogen-bond donors (Lipinski definition) is 0. The van der Waals surface area contributed by atoms with Gasteiger partial charge >= 0.3 is 6.18 Å². The zero-order valence-corrected chi connectivity index (χ0v) is 7.35. The topological polar surface area (TPSA) is 12.9 Å². The number of pyridine rings is 1. The van der Waals surface area contributed by atoms with E-state index in [1.54, 1.807) is 0 Å². The molecule has 0 atom stereocenters. The van der Waals surface area contributed by atoms with Crippen molar-refractivity contribution in [2.45, 2.75) is 6.18 Å². The fourth-order valence-electron chi connectivity index (χ4n) is 1.25. The summed E-state index contributed by atoms with van der Waals surface area (Å²) in [6.07, 6.45) is -4.50. The van der Waals surface area contributed by atoms with Crippen molar-refractivity contribution in [3.63, 3.8) is 0 Å². The Morgan fingerprint density at radius 3 is 2.33 bits per heavy atom. The molecule has 0 unspecified atom stereocenters. The summed E-state index contributed by atoms with van der Waals surface area (Å²) in [7, 11) is 0. The van der Waals surface area contributed by atoms with E-state index in [1.165, 1.54) is 18.2 Å². The average molecular weight is 215 g/mol. The molecule has 0 amide bonds. The normalized spacial score (nSPS) is 12.0. The first-order valence-electron chi connectivity index (χ1n) is 4.10. The van der Waals surface area contributed by atoms with E-state index in [9.17, 15) is 17.6 Å². The van der Waals surface area contributed by atoms with Crippen molar-refractivity contribution in [3.8, 4) is 0 Å². The molecular weight excluding hydrogens is 210 g/mol. The van der Waals surface area contributed by atoms with Crippen LogP contribution >= 0.6 is 0 Å². The van der Waals surface area contributed by atoms with Crippen molar-refractivity contribution in [2.24, 2.45) is 0 Å². The number of halogens is 4. The van der Waals surface area contributed by atoms with Gasteiger partial charge in [-0.1, -0.05) is 6.07 Å². The van der Waals surface area contributed by atoms with Crippen LogP contribution in [0.15, 0.2) is 30.3 Å². The number of rotatable bonds is 0. The van der Waals surface area contributed by atoms with Crippen LogP contribution < -0.4 is 0 Å². The molecule has 0 saturated heterocycles. The standard InChI is InChI=1S/C10H5F4N/c11-7-3-1-6-2-4-9(10(12,13)14)15-8(6)5-7/h1-5H. The SMILES string of the molecule is Fc1ccc2ccc(C(F)(F)F)nc2c1. The van der Waals surface area contributed by atoms with Crippen molar-refractivity contribution in [1.29, 1.82) is 0 Å². The van der Waals surface area contributed by atoms with E-state index >= 15 is 0 Å². The van der Waals surface area contributed by atoms with E-state index in [0.717, 1.165) is 12.1 Å². The average Bonchev–Trinajstić information content (AvgIpc) is 2.15. The molecule has 0 aliphatic carbocycles. The molecule has 1 heterocycles. The van der Waals surface area contributed by atoms with E-state index in [0.29, 0.717) is 5.39 Å². The first kappa shape index (κ1) is 9.89.